The largest absolute Gasteiger partial charge is 0.384 e. The minimum Gasteiger partial charge on any atom is -0.384 e. The van der Waals surface area contributed by atoms with Crippen LogP contribution in [-0.4, -0.2) is 39.8 Å². The summed E-state index contributed by atoms with van der Waals surface area (Å²) in [6.45, 7) is 6.49. The molecule has 3 aromatic rings. The summed E-state index contributed by atoms with van der Waals surface area (Å²) in [5.41, 5.74) is -3.10. The van der Waals surface area contributed by atoms with Crippen molar-refractivity contribution in [3.05, 3.63) is 53.2 Å². The Morgan fingerprint density at radius 1 is 1.21 bits per heavy atom. The smallest absolute Gasteiger partial charge is 0.303 e. The highest BCUT2D eigenvalue weighted by Gasteiger charge is 2.49. The van der Waals surface area contributed by atoms with E-state index in [2.05, 4.69) is 20.3 Å². The maximum Gasteiger partial charge on any atom is 0.303 e. The van der Waals surface area contributed by atoms with Gasteiger partial charge in [0, 0.05) is 10.9 Å². The number of benzene rings is 1. The van der Waals surface area contributed by atoms with E-state index in [1.54, 1.807) is 13.8 Å². The number of rotatable bonds is 7. The zero-order chi connectivity index (χ0) is 24.8. The van der Waals surface area contributed by atoms with Gasteiger partial charge in [-0.2, -0.15) is 8.78 Å². The fraction of sp³-hybridized carbons (Fsp3) is 0.409. The van der Waals surface area contributed by atoms with Crippen LogP contribution in [0.2, 0.25) is 0 Å². The Labute approximate surface area is 190 Å². The summed E-state index contributed by atoms with van der Waals surface area (Å²) >= 11 is 0. The number of halogens is 3. The number of nitrogens with one attached hydrogen (secondary N) is 1. The van der Waals surface area contributed by atoms with Gasteiger partial charge in [0.05, 0.1) is 29.1 Å². The van der Waals surface area contributed by atoms with Gasteiger partial charge in [0.1, 0.15) is 23.1 Å². The molecule has 2 N–H and O–H groups in total. The van der Waals surface area contributed by atoms with Gasteiger partial charge in [-0.05, 0) is 39.8 Å². The quantitative estimate of drug-likeness (QED) is 0.517. The van der Waals surface area contributed by atoms with Gasteiger partial charge in [-0.25, -0.2) is 27.8 Å². The SMILES string of the molecule is CCS(=O)(=O)c1cc2c(N[C@H](C)c3cccc(C(F)(F)C(C)(C)O)c3F)nc(C)nc2cn1. The lowest BCUT2D eigenvalue weighted by Gasteiger charge is -2.30. The normalized spacial score (nSPS) is 13.8. The molecule has 0 fully saturated rings. The van der Waals surface area contributed by atoms with E-state index in [0.29, 0.717) is 16.7 Å². The molecule has 0 spiro atoms. The molecule has 0 aliphatic carbocycles. The van der Waals surface area contributed by atoms with Crippen molar-refractivity contribution in [2.45, 2.75) is 57.2 Å². The maximum atomic E-state index is 15.2. The van der Waals surface area contributed by atoms with Crippen molar-refractivity contribution in [2.75, 3.05) is 11.1 Å². The topological polar surface area (TPSA) is 105 Å². The number of aromatic nitrogens is 3. The van der Waals surface area contributed by atoms with Gasteiger partial charge in [-0.1, -0.05) is 19.1 Å². The summed E-state index contributed by atoms with van der Waals surface area (Å²) in [4.78, 5) is 12.5. The van der Waals surface area contributed by atoms with Gasteiger partial charge in [-0.3, -0.25) is 0 Å². The molecule has 178 valence electrons. The molecule has 0 saturated heterocycles. The number of nitrogens with zero attached hydrogens (tertiary/aromatic N) is 3. The predicted molar refractivity (Wildman–Crippen MR) is 118 cm³/mol. The standard InChI is InChI=1S/C22H25F3N4O3S/c1-6-33(31,32)18-10-15-17(11-26-18)28-13(3)29-20(15)27-12(2)14-8-7-9-16(19(14)23)22(24,25)21(4,5)30/h7-12,30H,6H2,1-5H3,(H,27,28,29)/t12-/m1/s1. The van der Waals surface area contributed by atoms with Crippen LogP contribution in [0.15, 0.2) is 35.5 Å². The van der Waals surface area contributed by atoms with Crippen LogP contribution >= 0.6 is 0 Å². The van der Waals surface area contributed by atoms with Crippen molar-refractivity contribution >= 4 is 26.6 Å². The van der Waals surface area contributed by atoms with Crippen LogP contribution in [0.4, 0.5) is 19.0 Å². The lowest BCUT2D eigenvalue weighted by molar-refractivity contribution is -0.170. The number of hydrogen-bond acceptors (Lipinski definition) is 7. The zero-order valence-corrected chi connectivity index (χ0v) is 19.6. The number of aliphatic hydroxyl groups is 1. The highest BCUT2D eigenvalue weighted by atomic mass is 32.2. The van der Waals surface area contributed by atoms with Crippen molar-refractivity contribution in [1.82, 2.24) is 15.0 Å². The molecule has 0 aliphatic heterocycles. The average Bonchev–Trinajstić information content (AvgIpc) is 2.72. The van der Waals surface area contributed by atoms with E-state index in [1.165, 1.54) is 31.3 Å². The van der Waals surface area contributed by atoms with Crippen LogP contribution in [0.25, 0.3) is 10.9 Å². The Bertz CT molecular complexity index is 1310. The first-order valence-electron chi connectivity index (χ1n) is 10.2. The molecular weight excluding hydrogens is 457 g/mol. The summed E-state index contributed by atoms with van der Waals surface area (Å²) in [5.74, 6) is -4.58. The number of anilines is 1. The number of sulfone groups is 1. The van der Waals surface area contributed by atoms with Crippen LogP contribution in [0, 0.1) is 12.7 Å². The first kappa shape index (κ1) is 24.8. The molecule has 0 amide bonds. The minimum atomic E-state index is -3.83. The predicted octanol–water partition coefficient (Wildman–Crippen LogP) is 4.30. The Hall–Kier alpha value is -2.79. The molecule has 2 aromatic heterocycles. The zero-order valence-electron chi connectivity index (χ0n) is 18.8. The van der Waals surface area contributed by atoms with Gasteiger partial charge in [0.2, 0.25) is 0 Å². The molecule has 0 unspecified atom stereocenters. The lowest BCUT2D eigenvalue weighted by Crippen LogP contribution is -2.41. The Morgan fingerprint density at radius 2 is 1.88 bits per heavy atom. The first-order valence-corrected chi connectivity index (χ1v) is 11.9. The summed E-state index contributed by atoms with van der Waals surface area (Å²) in [5, 5.41) is 13.0. The van der Waals surface area contributed by atoms with Crippen molar-refractivity contribution < 1.29 is 26.7 Å². The molecule has 7 nitrogen and oxygen atoms in total. The highest BCUT2D eigenvalue weighted by Crippen LogP contribution is 2.41. The second-order valence-corrected chi connectivity index (χ2v) is 10.5. The van der Waals surface area contributed by atoms with E-state index in [1.807, 2.05) is 0 Å². The third-order valence-corrected chi connectivity index (χ3v) is 6.94. The Balaban J connectivity index is 2.08. The van der Waals surface area contributed by atoms with Crippen LogP contribution < -0.4 is 5.32 Å². The molecular formula is C22H25F3N4O3S. The van der Waals surface area contributed by atoms with Crippen LogP contribution in [0.5, 0.6) is 0 Å². The first-order chi connectivity index (χ1) is 15.2. The minimum absolute atomic E-state index is 0.0729. The number of alkyl halides is 2. The van der Waals surface area contributed by atoms with E-state index in [0.717, 1.165) is 19.9 Å². The van der Waals surface area contributed by atoms with Gasteiger partial charge >= 0.3 is 5.92 Å². The number of fused-ring (bicyclic) bond motifs is 1. The van der Waals surface area contributed by atoms with E-state index in [4.69, 9.17) is 0 Å². The second kappa shape index (κ2) is 8.53. The third kappa shape index (κ3) is 4.65. The maximum absolute atomic E-state index is 15.2. The fourth-order valence-corrected chi connectivity index (χ4v) is 4.10. The molecule has 33 heavy (non-hydrogen) atoms. The molecule has 0 radical (unpaired) electrons. The van der Waals surface area contributed by atoms with Crippen LogP contribution in [0.1, 0.15) is 50.7 Å². The van der Waals surface area contributed by atoms with Gasteiger partial charge in [0.15, 0.2) is 14.9 Å². The summed E-state index contributed by atoms with van der Waals surface area (Å²) in [7, 11) is -3.60. The molecule has 2 heterocycles. The summed E-state index contributed by atoms with van der Waals surface area (Å²) < 4.78 is 69.0. The van der Waals surface area contributed by atoms with Gasteiger partial charge in [-0.15, -0.1) is 0 Å². The van der Waals surface area contributed by atoms with Crippen molar-refractivity contribution in [1.29, 1.82) is 0 Å². The van der Waals surface area contributed by atoms with Crippen molar-refractivity contribution in [2.24, 2.45) is 0 Å². The Morgan fingerprint density at radius 3 is 2.48 bits per heavy atom. The number of pyridine rings is 1. The lowest BCUT2D eigenvalue weighted by atomic mass is 9.91. The molecule has 11 heteroatoms. The van der Waals surface area contributed by atoms with E-state index < -0.39 is 38.8 Å². The second-order valence-electron chi connectivity index (χ2n) is 8.27. The van der Waals surface area contributed by atoms with E-state index in [9.17, 15) is 22.3 Å². The highest BCUT2D eigenvalue weighted by molar-refractivity contribution is 7.91. The summed E-state index contributed by atoms with van der Waals surface area (Å²) in [6.07, 6.45) is 1.31. The molecule has 3 rings (SSSR count). The molecule has 1 atom stereocenters. The molecule has 0 aliphatic rings. The summed E-state index contributed by atoms with van der Waals surface area (Å²) in [6, 6.07) is 4.06. The van der Waals surface area contributed by atoms with Crippen LogP contribution in [-0.2, 0) is 15.8 Å². The fourth-order valence-electron chi connectivity index (χ4n) is 3.30. The molecule has 0 bridgehead atoms. The van der Waals surface area contributed by atoms with E-state index >= 15 is 4.39 Å². The third-order valence-electron chi connectivity index (χ3n) is 5.32. The molecule has 0 saturated carbocycles. The van der Waals surface area contributed by atoms with Gasteiger partial charge < -0.3 is 10.4 Å². The van der Waals surface area contributed by atoms with Crippen LogP contribution in [0.3, 0.4) is 0 Å². The monoisotopic (exact) mass is 482 g/mol. The number of aryl methyl sites for hydroxylation is 1. The average molecular weight is 483 g/mol. The molecule has 1 aromatic carbocycles. The number of hydrogen-bond donors (Lipinski definition) is 2. The van der Waals surface area contributed by atoms with Gasteiger partial charge in [0.25, 0.3) is 0 Å². The van der Waals surface area contributed by atoms with Crippen molar-refractivity contribution in [3.63, 3.8) is 0 Å². The Kier molecular flexibility index (Phi) is 6.42. The van der Waals surface area contributed by atoms with Crippen molar-refractivity contribution in [3.8, 4) is 0 Å². The van der Waals surface area contributed by atoms with E-state index in [-0.39, 0.29) is 22.2 Å².